The van der Waals surface area contributed by atoms with Gasteiger partial charge in [-0.2, -0.15) is 0 Å². The molecule has 0 spiro atoms. The average molecular weight is 351 g/mol. The lowest BCUT2D eigenvalue weighted by Crippen LogP contribution is -2.39. The second-order valence-electron chi connectivity index (χ2n) is 6.59. The number of ether oxygens (including phenoxy) is 1. The number of hydrogen-bond donors (Lipinski definition) is 0. The monoisotopic (exact) mass is 351 g/mol. The van der Waals surface area contributed by atoms with Gasteiger partial charge in [0, 0.05) is 42.9 Å². The van der Waals surface area contributed by atoms with Gasteiger partial charge < -0.3 is 9.15 Å². The topological polar surface area (TPSA) is 68.5 Å². The maximum atomic E-state index is 12.4. The Kier molecular flexibility index (Phi) is 4.77. The number of carbonyl (C=O) groups excluding carboxylic acids is 1. The number of hydrogen-bond acceptors (Lipinski definition) is 6. The lowest BCUT2D eigenvalue weighted by molar-refractivity contribution is -0.120. The number of benzene rings is 1. The maximum absolute atomic E-state index is 12.4. The molecule has 0 saturated carbocycles. The molecule has 1 aromatic carbocycles. The van der Waals surface area contributed by atoms with E-state index in [1.54, 1.807) is 6.20 Å². The largest absolute Gasteiger partial charge is 0.441 e. The van der Waals surface area contributed by atoms with E-state index in [0.29, 0.717) is 32.1 Å². The SMILES string of the molecule is Cc1ncc(-c2ccc3cnc(CC(=O)CN4CCOCC4)cc3c2)o1. The highest BCUT2D eigenvalue weighted by Gasteiger charge is 2.15. The molecule has 1 aliphatic rings. The Balaban J connectivity index is 1.51. The Hall–Kier alpha value is -2.57. The molecule has 3 heterocycles. The van der Waals surface area contributed by atoms with Gasteiger partial charge in [-0.3, -0.25) is 14.7 Å². The van der Waals surface area contributed by atoms with E-state index in [-0.39, 0.29) is 5.78 Å². The number of ketones is 1. The van der Waals surface area contributed by atoms with E-state index in [2.05, 4.69) is 14.9 Å². The number of rotatable bonds is 5. The summed E-state index contributed by atoms with van der Waals surface area (Å²) in [5, 5.41) is 2.08. The number of pyridine rings is 1. The van der Waals surface area contributed by atoms with Gasteiger partial charge in [0.2, 0.25) is 0 Å². The Morgan fingerprint density at radius 2 is 1.96 bits per heavy atom. The first-order chi connectivity index (χ1) is 12.7. The zero-order valence-electron chi connectivity index (χ0n) is 14.8. The predicted molar refractivity (Wildman–Crippen MR) is 97.9 cm³/mol. The third kappa shape index (κ3) is 3.81. The van der Waals surface area contributed by atoms with Crippen molar-refractivity contribution >= 4 is 16.6 Å². The van der Waals surface area contributed by atoms with E-state index in [9.17, 15) is 4.79 Å². The Bertz CT molecular complexity index is 929. The van der Waals surface area contributed by atoms with Crippen LogP contribution in [0.4, 0.5) is 0 Å². The first-order valence-corrected chi connectivity index (χ1v) is 8.81. The van der Waals surface area contributed by atoms with Crippen LogP contribution >= 0.6 is 0 Å². The van der Waals surface area contributed by atoms with E-state index < -0.39 is 0 Å². The van der Waals surface area contributed by atoms with Gasteiger partial charge in [-0.05, 0) is 17.5 Å². The minimum Gasteiger partial charge on any atom is -0.441 e. The van der Waals surface area contributed by atoms with Gasteiger partial charge in [0.1, 0.15) is 0 Å². The van der Waals surface area contributed by atoms with Gasteiger partial charge in [0.15, 0.2) is 17.4 Å². The summed E-state index contributed by atoms with van der Waals surface area (Å²) in [4.78, 5) is 23.1. The van der Waals surface area contributed by atoms with E-state index in [0.717, 1.165) is 40.9 Å². The summed E-state index contributed by atoms with van der Waals surface area (Å²) in [5.41, 5.74) is 1.76. The van der Waals surface area contributed by atoms with Gasteiger partial charge in [0.05, 0.1) is 32.4 Å². The summed E-state index contributed by atoms with van der Waals surface area (Å²) in [6.45, 7) is 5.32. The lowest BCUT2D eigenvalue weighted by Gasteiger charge is -2.25. The Morgan fingerprint density at radius 1 is 1.12 bits per heavy atom. The van der Waals surface area contributed by atoms with Crippen LogP contribution in [0.5, 0.6) is 0 Å². The van der Waals surface area contributed by atoms with Crippen molar-refractivity contribution in [2.45, 2.75) is 13.3 Å². The van der Waals surface area contributed by atoms with Crippen molar-refractivity contribution in [3.05, 3.63) is 48.2 Å². The zero-order valence-corrected chi connectivity index (χ0v) is 14.8. The summed E-state index contributed by atoms with van der Waals surface area (Å²) in [7, 11) is 0. The zero-order chi connectivity index (χ0) is 17.9. The van der Waals surface area contributed by atoms with Gasteiger partial charge in [0.25, 0.3) is 0 Å². The first kappa shape index (κ1) is 16.9. The molecule has 0 aliphatic carbocycles. The number of morpholine rings is 1. The number of aromatic nitrogens is 2. The fourth-order valence-corrected chi connectivity index (χ4v) is 3.20. The second kappa shape index (κ2) is 7.35. The molecule has 26 heavy (non-hydrogen) atoms. The molecule has 0 atom stereocenters. The normalized spacial score (nSPS) is 15.4. The summed E-state index contributed by atoms with van der Waals surface area (Å²) in [6.07, 6.45) is 3.89. The molecule has 4 rings (SSSR count). The molecular formula is C20H21N3O3. The molecule has 1 aliphatic heterocycles. The highest BCUT2D eigenvalue weighted by molar-refractivity contribution is 5.88. The van der Waals surface area contributed by atoms with Crippen LogP contribution < -0.4 is 0 Å². The average Bonchev–Trinajstić information content (AvgIpc) is 3.08. The molecule has 0 amide bonds. The van der Waals surface area contributed by atoms with Gasteiger partial charge >= 0.3 is 0 Å². The van der Waals surface area contributed by atoms with Crippen LogP contribution in [0.3, 0.4) is 0 Å². The molecular weight excluding hydrogens is 330 g/mol. The number of aryl methyl sites for hydroxylation is 1. The van der Waals surface area contributed by atoms with Crippen molar-refractivity contribution in [1.29, 1.82) is 0 Å². The number of oxazole rings is 1. The predicted octanol–water partition coefficient (Wildman–Crippen LogP) is 2.64. The van der Waals surface area contributed by atoms with E-state index in [1.807, 2.05) is 37.4 Å². The van der Waals surface area contributed by atoms with E-state index >= 15 is 0 Å². The smallest absolute Gasteiger partial charge is 0.191 e. The molecule has 0 bridgehead atoms. The summed E-state index contributed by atoms with van der Waals surface area (Å²) in [6, 6.07) is 8.04. The fraction of sp³-hybridized carbons (Fsp3) is 0.350. The van der Waals surface area contributed by atoms with Crippen LogP contribution in [0.2, 0.25) is 0 Å². The van der Waals surface area contributed by atoms with Crippen LogP contribution in [0, 0.1) is 6.92 Å². The quantitative estimate of drug-likeness (QED) is 0.704. The minimum atomic E-state index is 0.181. The number of carbonyl (C=O) groups is 1. The third-order valence-corrected chi connectivity index (χ3v) is 4.57. The molecule has 0 radical (unpaired) electrons. The van der Waals surface area contributed by atoms with Gasteiger partial charge in [-0.15, -0.1) is 0 Å². The van der Waals surface area contributed by atoms with Crippen molar-refractivity contribution in [3.63, 3.8) is 0 Å². The third-order valence-electron chi connectivity index (χ3n) is 4.57. The van der Waals surface area contributed by atoms with Crippen molar-refractivity contribution in [3.8, 4) is 11.3 Å². The minimum absolute atomic E-state index is 0.181. The molecule has 1 saturated heterocycles. The van der Waals surface area contributed by atoms with Crippen molar-refractivity contribution in [1.82, 2.24) is 14.9 Å². The van der Waals surface area contributed by atoms with E-state index in [1.165, 1.54) is 0 Å². The lowest BCUT2D eigenvalue weighted by atomic mass is 10.1. The number of Topliss-reactive ketones (excluding diaryl/α,β-unsaturated/α-hetero) is 1. The Labute approximate surface area is 151 Å². The molecule has 134 valence electrons. The van der Waals surface area contributed by atoms with Crippen LogP contribution in [-0.2, 0) is 16.0 Å². The Morgan fingerprint density at radius 3 is 2.73 bits per heavy atom. The van der Waals surface area contributed by atoms with Crippen LogP contribution in [0.1, 0.15) is 11.6 Å². The summed E-state index contributed by atoms with van der Waals surface area (Å²) < 4.78 is 10.9. The standard InChI is InChI=1S/C20H21N3O3/c1-14-21-12-20(26-14)15-2-3-16-11-22-18(9-17(16)8-15)10-19(24)13-23-4-6-25-7-5-23/h2-3,8-9,11-12H,4-7,10,13H2,1H3. The second-order valence-corrected chi connectivity index (χ2v) is 6.59. The summed E-state index contributed by atoms with van der Waals surface area (Å²) >= 11 is 0. The molecule has 2 aromatic heterocycles. The fourth-order valence-electron chi connectivity index (χ4n) is 3.20. The molecule has 1 fully saturated rings. The molecule has 0 unspecified atom stereocenters. The van der Waals surface area contributed by atoms with Gasteiger partial charge in [-0.1, -0.05) is 12.1 Å². The van der Waals surface area contributed by atoms with Crippen molar-refractivity contribution in [2.75, 3.05) is 32.8 Å². The molecule has 0 N–H and O–H groups in total. The van der Waals surface area contributed by atoms with Crippen LogP contribution in [0.25, 0.3) is 22.1 Å². The number of nitrogens with zero attached hydrogens (tertiary/aromatic N) is 3. The van der Waals surface area contributed by atoms with Crippen molar-refractivity contribution < 1.29 is 13.9 Å². The molecule has 6 nitrogen and oxygen atoms in total. The van der Waals surface area contributed by atoms with Crippen LogP contribution in [0.15, 0.2) is 41.1 Å². The van der Waals surface area contributed by atoms with Gasteiger partial charge in [-0.25, -0.2) is 4.98 Å². The number of fused-ring (bicyclic) bond motifs is 1. The summed E-state index contributed by atoms with van der Waals surface area (Å²) in [5.74, 6) is 1.57. The highest BCUT2D eigenvalue weighted by atomic mass is 16.5. The van der Waals surface area contributed by atoms with Crippen molar-refractivity contribution in [2.24, 2.45) is 0 Å². The molecule has 3 aromatic rings. The van der Waals surface area contributed by atoms with Crippen LogP contribution in [-0.4, -0.2) is 53.5 Å². The highest BCUT2D eigenvalue weighted by Crippen LogP contribution is 2.25. The maximum Gasteiger partial charge on any atom is 0.191 e. The van der Waals surface area contributed by atoms with E-state index in [4.69, 9.17) is 9.15 Å². The molecule has 6 heteroatoms. The first-order valence-electron chi connectivity index (χ1n) is 8.81.